The second-order valence-electron chi connectivity index (χ2n) is 6.59. The molecule has 0 fully saturated rings. The van der Waals surface area contributed by atoms with Crippen molar-refractivity contribution in [3.63, 3.8) is 0 Å². The van der Waals surface area contributed by atoms with Crippen molar-refractivity contribution < 1.29 is 4.79 Å². The number of unbranched alkanes of at least 4 members (excludes halogenated alkanes) is 1. The molecule has 0 saturated carbocycles. The summed E-state index contributed by atoms with van der Waals surface area (Å²) < 4.78 is 1.46. The number of carbonyl (C=O) groups is 1. The van der Waals surface area contributed by atoms with Gasteiger partial charge in [-0.05, 0) is 36.2 Å². The number of fused-ring (bicyclic) bond motifs is 2. The van der Waals surface area contributed by atoms with E-state index in [9.17, 15) is 4.79 Å². The maximum Gasteiger partial charge on any atom is 0.257 e. The van der Waals surface area contributed by atoms with E-state index in [1.54, 1.807) is 18.6 Å². The Morgan fingerprint density at radius 3 is 2.62 bits per heavy atom. The Kier molecular flexibility index (Phi) is 5.15. The molecule has 0 unspecified atom stereocenters. The number of aromatic nitrogens is 4. The summed E-state index contributed by atoms with van der Waals surface area (Å²) in [5.41, 5.74) is 9.75. The van der Waals surface area contributed by atoms with E-state index in [1.165, 1.54) is 4.68 Å². The van der Waals surface area contributed by atoms with Gasteiger partial charge in [-0.3, -0.25) is 9.78 Å². The average molecular weight is 387 g/mol. The molecular formula is C21H21N7O. The zero-order chi connectivity index (χ0) is 20.2. The fourth-order valence-corrected chi connectivity index (χ4v) is 3.03. The Balaban J connectivity index is 1.87. The van der Waals surface area contributed by atoms with Gasteiger partial charge < -0.3 is 11.1 Å². The van der Waals surface area contributed by atoms with Crippen LogP contribution in [0.3, 0.4) is 0 Å². The van der Waals surface area contributed by atoms with E-state index in [0.29, 0.717) is 34.3 Å². The van der Waals surface area contributed by atoms with Gasteiger partial charge in [-0.1, -0.05) is 25.5 Å². The first-order chi connectivity index (χ1) is 14.2. The number of rotatable bonds is 6. The number of para-hydroxylation sites is 2. The van der Waals surface area contributed by atoms with Crippen LogP contribution in [0.1, 0.15) is 35.7 Å². The topological polar surface area (TPSA) is 111 Å². The van der Waals surface area contributed by atoms with Crippen LogP contribution in [-0.4, -0.2) is 38.3 Å². The Hall–Kier alpha value is -3.81. The van der Waals surface area contributed by atoms with E-state index in [0.717, 1.165) is 18.4 Å². The average Bonchev–Trinajstić information content (AvgIpc) is 3.01. The molecular weight excluding hydrogens is 366 g/mol. The molecule has 0 radical (unpaired) electrons. The predicted octanol–water partition coefficient (Wildman–Crippen LogP) is 2.97. The van der Waals surface area contributed by atoms with Gasteiger partial charge in [-0.15, -0.1) is 0 Å². The van der Waals surface area contributed by atoms with E-state index >= 15 is 0 Å². The van der Waals surface area contributed by atoms with E-state index in [-0.39, 0.29) is 11.7 Å². The van der Waals surface area contributed by atoms with Crippen LogP contribution in [0.2, 0.25) is 0 Å². The molecule has 1 aromatic carbocycles. The molecule has 0 saturated heterocycles. The molecule has 4 aromatic rings. The summed E-state index contributed by atoms with van der Waals surface area (Å²) in [6.45, 7) is 2.64. The molecule has 0 aliphatic rings. The first-order valence-corrected chi connectivity index (χ1v) is 9.48. The molecule has 3 heterocycles. The zero-order valence-corrected chi connectivity index (χ0v) is 16.0. The van der Waals surface area contributed by atoms with E-state index in [1.807, 2.05) is 36.4 Å². The lowest BCUT2D eigenvalue weighted by Crippen LogP contribution is -2.25. The van der Waals surface area contributed by atoms with Gasteiger partial charge >= 0.3 is 0 Å². The summed E-state index contributed by atoms with van der Waals surface area (Å²) >= 11 is 0. The molecule has 0 atom stereocenters. The van der Waals surface area contributed by atoms with Crippen LogP contribution in [0.25, 0.3) is 22.2 Å². The molecule has 0 aliphatic carbocycles. The molecule has 0 spiro atoms. The summed E-state index contributed by atoms with van der Waals surface area (Å²) in [5, 5.41) is 7.37. The number of nitrogen functional groups attached to an aromatic ring is 1. The lowest BCUT2D eigenvalue weighted by atomic mass is 10.2. The summed E-state index contributed by atoms with van der Waals surface area (Å²) in [6, 6.07) is 11.1. The lowest BCUT2D eigenvalue weighted by molar-refractivity contribution is 0.0955. The number of pyridine rings is 1. The first kappa shape index (κ1) is 18.5. The number of carbonyl (C=O) groups excluding carboxylic acids is 1. The third-order valence-electron chi connectivity index (χ3n) is 4.55. The number of benzene rings is 1. The number of amides is 1. The van der Waals surface area contributed by atoms with E-state index in [2.05, 4.69) is 32.3 Å². The van der Waals surface area contributed by atoms with Crippen LogP contribution >= 0.6 is 0 Å². The van der Waals surface area contributed by atoms with Gasteiger partial charge in [0.1, 0.15) is 16.9 Å². The minimum Gasteiger partial charge on any atom is -0.383 e. The Morgan fingerprint density at radius 2 is 1.90 bits per heavy atom. The van der Waals surface area contributed by atoms with Crippen LogP contribution in [0.5, 0.6) is 0 Å². The van der Waals surface area contributed by atoms with Crippen molar-refractivity contribution >= 4 is 40.1 Å². The van der Waals surface area contributed by atoms with Gasteiger partial charge in [0.15, 0.2) is 5.65 Å². The highest BCUT2D eigenvalue weighted by Gasteiger charge is 2.23. The van der Waals surface area contributed by atoms with Crippen molar-refractivity contribution in [1.29, 1.82) is 0 Å². The first-order valence-electron chi connectivity index (χ1n) is 9.48. The minimum atomic E-state index is -0.275. The molecule has 3 N–H and O–H groups in total. The number of anilines is 1. The molecule has 8 nitrogen and oxygen atoms in total. The van der Waals surface area contributed by atoms with Gasteiger partial charge in [0.2, 0.25) is 0 Å². The van der Waals surface area contributed by atoms with Crippen molar-refractivity contribution in [2.75, 3.05) is 12.3 Å². The summed E-state index contributed by atoms with van der Waals surface area (Å²) in [4.78, 5) is 26.2. The van der Waals surface area contributed by atoms with Crippen LogP contribution in [0.15, 0.2) is 53.9 Å². The van der Waals surface area contributed by atoms with Crippen molar-refractivity contribution in [3.8, 4) is 0 Å². The van der Waals surface area contributed by atoms with Gasteiger partial charge in [0.05, 0.1) is 17.2 Å². The highest BCUT2D eigenvalue weighted by molar-refractivity contribution is 6.10. The normalized spacial score (nSPS) is 11.5. The molecule has 4 rings (SSSR count). The van der Waals surface area contributed by atoms with Gasteiger partial charge in [-0.25, -0.2) is 9.97 Å². The van der Waals surface area contributed by atoms with Crippen molar-refractivity contribution in [3.05, 3.63) is 59.9 Å². The second-order valence-corrected chi connectivity index (χ2v) is 6.59. The Labute approximate surface area is 167 Å². The van der Waals surface area contributed by atoms with Gasteiger partial charge in [0.25, 0.3) is 5.91 Å². The molecule has 0 bridgehead atoms. The van der Waals surface area contributed by atoms with Crippen molar-refractivity contribution in [1.82, 2.24) is 24.9 Å². The Morgan fingerprint density at radius 1 is 1.17 bits per heavy atom. The maximum atomic E-state index is 12.8. The third kappa shape index (κ3) is 3.64. The molecule has 146 valence electrons. The highest BCUT2D eigenvalue weighted by Crippen LogP contribution is 2.27. The highest BCUT2D eigenvalue weighted by atomic mass is 16.1. The van der Waals surface area contributed by atoms with E-state index in [4.69, 9.17) is 5.73 Å². The summed E-state index contributed by atoms with van der Waals surface area (Å²) in [6.07, 6.45) is 6.88. The predicted molar refractivity (Wildman–Crippen MR) is 114 cm³/mol. The van der Waals surface area contributed by atoms with Crippen LogP contribution < -0.4 is 11.1 Å². The minimum absolute atomic E-state index is 0.203. The van der Waals surface area contributed by atoms with Crippen LogP contribution in [0, 0.1) is 0 Å². The fraction of sp³-hybridized carbons (Fsp3) is 0.190. The van der Waals surface area contributed by atoms with Gasteiger partial charge in [-0.2, -0.15) is 9.78 Å². The zero-order valence-electron chi connectivity index (χ0n) is 16.0. The van der Waals surface area contributed by atoms with Crippen molar-refractivity contribution in [2.45, 2.75) is 19.8 Å². The Bertz CT molecular complexity index is 1200. The molecule has 1 amide bonds. The molecule has 3 aromatic heterocycles. The number of hydrogen-bond acceptors (Lipinski definition) is 6. The summed E-state index contributed by atoms with van der Waals surface area (Å²) in [7, 11) is 0. The van der Waals surface area contributed by atoms with Gasteiger partial charge in [0, 0.05) is 18.9 Å². The number of hydrogen-bond donors (Lipinski definition) is 2. The van der Waals surface area contributed by atoms with Crippen molar-refractivity contribution in [2.24, 2.45) is 5.10 Å². The largest absolute Gasteiger partial charge is 0.383 e. The standard InChI is InChI=1S/C21H21N7O/c1-2-3-10-24-21(29)17-18-20(27-16-7-5-4-6-15(16)26-18)28(19(17)22)25-13-14-8-11-23-12-9-14/h4-9,11-13H,2-3,10,22H2,1H3,(H,24,29)/b25-13+. The molecule has 29 heavy (non-hydrogen) atoms. The SMILES string of the molecule is CCCCNC(=O)c1c(N)n(/N=C/c2ccncc2)c2nc3ccccc3nc12. The maximum absolute atomic E-state index is 12.8. The summed E-state index contributed by atoms with van der Waals surface area (Å²) in [5.74, 6) is -0.0713. The third-order valence-corrected chi connectivity index (χ3v) is 4.55. The van der Waals surface area contributed by atoms with E-state index < -0.39 is 0 Å². The second kappa shape index (κ2) is 8.05. The number of nitrogens with two attached hydrogens (primary N) is 1. The quantitative estimate of drug-likeness (QED) is 0.390. The molecule has 8 heteroatoms. The lowest BCUT2D eigenvalue weighted by Gasteiger charge is -2.04. The van der Waals surface area contributed by atoms with Crippen LogP contribution in [0.4, 0.5) is 5.82 Å². The van der Waals surface area contributed by atoms with Crippen LogP contribution in [-0.2, 0) is 0 Å². The number of nitrogens with zero attached hydrogens (tertiary/aromatic N) is 5. The fourth-order valence-electron chi connectivity index (χ4n) is 3.03. The monoisotopic (exact) mass is 387 g/mol. The molecule has 0 aliphatic heterocycles. The smallest absolute Gasteiger partial charge is 0.257 e. The number of nitrogens with one attached hydrogen (secondary N) is 1.